The van der Waals surface area contributed by atoms with E-state index >= 15 is 0 Å². The fourth-order valence-electron chi connectivity index (χ4n) is 1.43. The van der Waals surface area contributed by atoms with E-state index in [1.165, 1.54) is 0 Å². The Kier molecular flexibility index (Phi) is 4.41. The molecule has 55 valence electrons. The van der Waals surface area contributed by atoms with E-state index in [2.05, 4.69) is 6.92 Å². The third-order valence-corrected chi connectivity index (χ3v) is 2.04. The van der Waals surface area contributed by atoms with Gasteiger partial charge in [-0.25, -0.2) is 0 Å². The Morgan fingerprint density at radius 3 is 2.30 bits per heavy atom. The zero-order chi connectivity index (χ0) is 6.85. The standard InChI is InChI=1S/C7H12O2.In/c1-5-2-3-6(4-5)7(8)9;/h5-6H,2-4H2,1H3,(H,8,9);. The van der Waals surface area contributed by atoms with Gasteiger partial charge >= 0.3 is 5.97 Å². The van der Waals surface area contributed by atoms with Gasteiger partial charge in [0, 0.05) is 25.8 Å². The molecule has 0 amide bonds. The predicted octanol–water partition coefficient (Wildman–Crippen LogP) is 1.13. The molecule has 1 aliphatic carbocycles. The quantitative estimate of drug-likeness (QED) is 0.749. The van der Waals surface area contributed by atoms with E-state index in [1.807, 2.05) is 0 Å². The van der Waals surface area contributed by atoms with E-state index in [4.69, 9.17) is 5.11 Å². The maximum absolute atomic E-state index is 10.3. The molecule has 0 aromatic rings. The monoisotopic (exact) mass is 243 g/mol. The van der Waals surface area contributed by atoms with E-state index in [1.54, 1.807) is 0 Å². The number of carboxylic acids is 1. The van der Waals surface area contributed by atoms with Crippen LogP contribution in [0.3, 0.4) is 0 Å². The van der Waals surface area contributed by atoms with Crippen LogP contribution in [0.4, 0.5) is 0 Å². The summed E-state index contributed by atoms with van der Waals surface area (Å²) >= 11 is 0. The van der Waals surface area contributed by atoms with E-state index in [9.17, 15) is 4.79 Å². The van der Waals surface area contributed by atoms with Crippen molar-refractivity contribution >= 4 is 31.8 Å². The van der Waals surface area contributed by atoms with Crippen LogP contribution in [-0.4, -0.2) is 36.9 Å². The Balaban J connectivity index is 0.000000810. The second-order valence-electron chi connectivity index (χ2n) is 2.95. The molecule has 1 rings (SSSR count). The summed E-state index contributed by atoms with van der Waals surface area (Å²) < 4.78 is 0. The molecule has 1 saturated carbocycles. The Morgan fingerprint density at radius 2 is 2.10 bits per heavy atom. The van der Waals surface area contributed by atoms with Gasteiger partial charge in [0.25, 0.3) is 0 Å². The first-order chi connectivity index (χ1) is 4.20. The molecule has 0 aromatic heterocycles. The first kappa shape index (κ1) is 10.3. The van der Waals surface area contributed by atoms with Gasteiger partial charge in [-0.05, 0) is 25.2 Å². The van der Waals surface area contributed by atoms with Crippen molar-refractivity contribution in [3.63, 3.8) is 0 Å². The fraction of sp³-hybridized carbons (Fsp3) is 0.857. The topological polar surface area (TPSA) is 37.3 Å². The molecular weight excluding hydrogens is 231 g/mol. The minimum Gasteiger partial charge on any atom is -0.481 e. The fourth-order valence-corrected chi connectivity index (χ4v) is 1.43. The van der Waals surface area contributed by atoms with Crippen LogP contribution in [0.1, 0.15) is 26.2 Å². The largest absolute Gasteiger partial charge is 0.481 e. The predicted molar refractivity (Wildman–Crippen MR) is 39.9 cm³/mol. The van der Waals surface area contributed by atoms with Crippen LogP contribution in [0.5, 0.6) is 0 Å². The maximum atomic E-state index is 10.3. The summed E-state index contributed by atoms with van der Waals surface area (Å²) in [6.07, 6.45) is 2.86. The summed E-state index contributed by atoms with van der Waals surface area (Å²) in [5, 5.41) is 8.53. The Morgan fingerprint density at radius 1 is 1.50 bits per heavy atom. The number of aliphatic carboxylic acids is 1. The molecule has 0 aromatic carbocycles. The van der Waals surface area contributed by atoms with Gasteiger partial charge in [-0.2, -0.15) is 0 Å². The third kappa shape index (κ3) is 2.52. The molecule has 0 heterocycles. The first-order valence-electron chi connectivity index (χ1n) is 3.43. The van der Waals surface area contributed by atoms with Crippen LogP contribution in [-0.2, 0) is 4.79 Å². The van der Waals surface area contributed by atoms with Crippen LogP contribution >= 0.6 is 0 Å². The summed E-state index contributed by atoms with van der Waals surface area (Å²) in [5.74, 6) is -0.0227. The van der Waals surface area contributed by atoms with Crippen LogP contribution in [0.15, 0.2) is 0 Å². The van der Waals surface area contributed by atoms with Gasteiger partial charge in [0.05, 0.1) is 5.92 Å². The number of rotatable bonds is 1. The van der Waals surface area contributed by atoms with Crippen molar-refractivity contribution in [2.45, 2.75) is 26.2 Å². The molecule has 1 N–H and O–H groups in total. The van der Waals surface area contributed by atoms with Crippen LogP contribution in [0.2, 0.25) is 0 Å². The van der Waals surface area contributed by atoms with Crippen molar-refractivity contribution in [3.8, 4) is 0 Å². The van der Waals surface area contributed by atoms with E-state index in [-0.39, 0.29) is 31.8 Å². The molecule has 2 nitrogen and oxygen atoms in total. The number of hydrogen-bond acceptors (Lipinski definition) is 1. The van der Waals surface area contributed by atoms with Crippen molar-refractivity contribution in [2.24, 2.45) is 11.8 Å². The van der Waals surface area contributed by atoms with Crippen molar-refractivity contribution in [3.05, 3.63) is 0 Å². The molecule has 2 unspecified atom stereocenters. The smallest absolute Gasteiger partial charge is 0.306 e. The molecule has 10 heavy (non-hydrogen) atoms. The third-order valence-electron chi connectivity index (χ3n) is 2.04. The van der Waals surface area contributed by atoms with Gasteiger partial charge in [-0.1, -0.05) is 6.92 Å². The van der Waals surface area contributed by atoms with Gasteiger partial charge in [0.15, 0.2) is 0 Å². The molecule has 1 fully saturated rings. The zero-order valence-corrected chi connectivity index (χ0v) is 9.50. The average molecular weight is 243 g/mol. The minimum atomic E-state index is -0.612. The first-order valence-corrected chi connectivity index (χ1v) is 3.43. The SMILES string of the molecule is CC1CCC(C(=O)O)C1.[In]. The summed E-state index contributed by atoms with van der Waals surface area (Å²) in [7, 11) is 0. The van der Waals surface area contributed by atoms with Crippen molar-refractivity contribution in [2.75, 3.05) is 0 Å². The van der Waals surface area contributed by atoms with Gasteiger partial charge in [-0.15, -0.1) is 0 Å². The second-order valence-corrected chi connectivity index (χ2v) is 2.95. The molecule has 0 saturated heterocycles. The maximum Gasteiger partial charge on any atom is 0.306 e. The molecule has 3 radical (unpaired) electrons. The van der Waals surface area contributed by atoms with Gasteiger partial charge in [0.1, 0.15) is 0 Å². The summed E-state index contributed by atoms with van der Waals surface area (Å²) in [4.78, 5) is 10.3. The molecule has 1 aliphatic rings. The van der Waals surface area contributed by atoms with Crippen LogP contribution in [0.25, 0.3) is 0 Å². The van der Waals surface area contributed by atoms with Gasteiger partial charge in [0.2, 0.25) is 0 Å². The van der Waals surface area contributed by atoms with Crippen molar-refractivity contribution in [1.29, 1.82) is 0 Å². The molecule has 0 aliphatic heterocycles. The van der Waals surface area contributed by atoms with Gasteiger partial charge in [-0.3, -0.25) is 4.79 Å². The summed E-state index contributed by atoms with van der Waals surface area (Å²) in [6, 6.07) is 0. The summed E-state index contributed by atoms with van der Waals surface area (Å²) in [5.41, 5.74) is 0. The van der Waals surface area contributed by atoms with Gasteiger partial charge < -0.3 is 5.11 Å². The zero-order valence-electron chi connectivity index (χ0n) is 6.21. The number of hydrogen-bond donors (Lipinski definition) is 1. The molecular formula is C7H12InO2. The second kappa shape index (κ2) is 4.27. The van der Waals surface area contributed by atoms with Crippen molar-refractivity contribution in [1.82, 2.24) is 0 Å². The van der Waals surface area contributed by atoms with Crippen LogP contribution < -0.4 is 0 Å². The Bertz CT molecular complexity index is 125. The van der Waals surface area contributed by atoms with Crippen LogP contribution in [0, 0.1) is 11.8 Å². The van der Waals surface area contributed by atoms with E-state index in [0.29, 0.717) is 5.92 Å². The minimum absolute atomic E-state index is 0. The number of carboxylic acid groups (broad SMARTS) is 1. The number of carbonyl (C=O) groups is 1. The molecule has 3 heteroatoms. The molecule has 0 bridgehead atoms. The molecule has 0 spiro atoms. The normalized spacial score (nSPS) is 31.3. The Labute approximate surface area is 79.8 Å². The van der Waals surface area contributed by atoms with Crippen molar-refractivity contribution < 1.29 is 9.90 Å². The van der Waals surface area contributed by atoms with E-state index in [0.717, 1.165) is 19.3 Å². The Hall–Kier alpha value is 0.340. The molecule has 2 atom stereocenters. The average Bonchev–Trinajstić information content (AvgIpc) is 2.14. The summed E-state index contributed by atoms with van der Waals surface area (Å²) in [6.45, 7) is 2.11. The van der Waals surface area contributed by atoms with E-state index < -0.39 is 5.97 Å².